The number of pyridine rings is 1. The van der Waals surface area contributed by atoms with Gasteiger partial charge in [-0.2, -0.15) is 0 Å². The molecule has 5 heteroatoms. The number of nitrogens with two attached hydrogens (primary N) is 1. The predicted molar refractivity (Wildman–Crippen MR) is 74.0 cm³/mol. The Labute approximate surface area is 112 Å². The third-order valence-corrected chi connectivity index (χ3v) is 3.29. The molecule has 0 radical (unpaired) electrons. The smallest absolute Gasteiger partial charge is 0.224 e. The molecule has 1 aliphatic carbocycles. The lowest BCUT2D eigenvalue weighted by Gasteiger charge is -2.18. The maximum atomic E-state index is 8.76. The Morgan fingerprint density at radius 1 is 1.44 bits per heavy atom. The van der Waals surface area contributed by atoms with Gasteiger partial charge >= 0.3 is 0 Å². The van der Waals surface area contributed by atoms with Crippen molar-refractivity contribution in [2.45, 2.75) is 32.1 Å². The van der Waals surface area contributed by atoms with Gasteiger partial charge in [-0.25, -0.2) is 4.98 Å². The topological polar surface area (TPSA) is 68.4 Å². The van der Waals surface area contributed by atoms with Gasteiger partial charge in [0.2, 0.25) is 5.88 Å². The fourth-order valence-corrected chi connectivity index (χ4v) is 2.28. The number of ether oxygens (including phenoxy) is 1. The Hall–Kier alpha value is -1.20. The quantitative estimate of drug-likeness (QED) is 0.622. The molecule has 0 saturated carbocycles. The Morgan fingerprint density at radius 2 is 2.22 bits per heavy atom. The van der Waals surface area contributed by atoms with Gasteiger partial charge in [0.05, 0.1) is 12.2 Å². The van der Waals surface area contributed by atoms with Crippen molar-refractivity contribution in [1.29, 1.82) is 0 Å². The van der Waals surface area contributed by atoms with Gasteiger partial charge in [-0.15, -0.1) is 0 Å². The van der Waals surface area contributed by atoms with Crippen molar-refractivity contribution in [3.05, 3.63) is 22.9 Å². The van der Waals surface area contributed by atoms with Crippen molar-refractivity contribution in [2.24, 2.45) is 5.73 Å². The van der Waals surface area contributed by atoms with Crippen LogP contribution in [0.4, 0.5) is 0 Å². The molecule has 0 atom stereocenters. The SMILES string of the molecule is NC(=S)c1cc2c(nc1OCCCO)CCCC2. The molecule has 0 aliphatic heterocycles. The van der Waals surface area contributed by atoms with Gasteiger partial charge in [0.25, 0.3) is 0 Å². The standard InChI is InChI=1S/C13H18N2O2S/c14-12(18)10-8-9-4-1-2-5-11(9)15-13(10)17-7-3-6-16/h8,16H,1-7H2,(H2,14,18). The Kier molecular flexibility index (Phi) is 4.49. The van der Waals surface area contributed by atoms with Crippen LogP contribution in [0.5, 0.6) is 5.88 Å². The number of nitrogens with zero attached hydrogens (tertiary/aromatic N) is 1. The van der Waals surface area contributed by atoms with Crippen molar-refractivity contribution in [3.63, 3.8) is 0 Å². The number of aryl methyl sites for hydroxylation is 2. The summed E-state index contributed by atoms with van der Waals surface area (Å²) in [6.07, 6.45) is 4.96. The fraction of sp³-hybridized carbons (Fsp3) is 0.538. The van der Waals surface area contributed by atoms with Crippen molar-refractivity contribution >= 4 is 17.2 Å². The summed E-state index contributed by atoms with van der Waals surface area (Å²) in [6, 6.07) is 2.01. The number of rotatable bonds is 5. The zero-order valence-electron chi connectivity index (χ0n) is 10.3. The van der Waals surface area contributed by atoms with Crippen LogP contribution in [0.15, 0.2) is 6.07 Å². The molecule has 1 heterocycles. The molecular weight excluding hydrogens is 248 g/mol. The summed E-state index contributed by atoms with van der Waals surface area (Å²) in [5.74, 6) is 0.511. The van der Waals surface area contributed by atoms with Crippen molar-refractivity contribution in [3.8, 4) is 5.88 Å². The van der Waals surface area contributed by atoms with Crippen LogP contribution in [-0.2, 0) is 12.8 Å². The van der Waals surface area contributed by atoms with Gasteiger partial charge in [-0.05, 0) is 37.3 Å². The second-order valence-corrected chi connectivity index (χ2v) is 4.88. The minimum absolute atomic E-state index is 0.105. The highest BCUT2D eigenvalue weighted by molar-refractivity contribution is 7.80. The molecule has 1 aromatic heterocycles. The first kappa shape index (κ1) is 13.2. The highest BCUT2D eigenvalue weighted by Crippen LogP contribution is 2.26. The molecule has 0 fully saturated rings. The number of hydrogen-bond donors (Lipinski definition) is 2. The molecule has 0 amide bonds. The van der Waals surface area contributed by atoms with Gasteiger partial charge < -0.3 is 15.6 Å². The zero-order chi connectivity index (χ0) is 13.0. The molecular formula is C13H18N2O2S. The fourth-order valence-electron chi connectivity index (χ4n) is 2.13. The number of aromatic nitrogens is 1. The van der Waals surface area contributed by atoms with Gasteiger partial charge in [-0.1, -0.05) is 12.2 Å². The maximum absolute atomic E-state index is 8.76. The largest absolute Gasteiger partial charge is 0.477 e. The zero-order valence-corrected chi connectivity index (χ0v) is 11.1. The Balaban J connectivity index is 2.27. The van der Waals surface area contributed by atoms with E-state index < -0.39 is 0 Å². The van der Waals surface area contributed by atoms with Crippen molar-refractivity contribution in [2.75, 3.05) is 13.2 Å². The summed E-state index contributed by atoms with van der Waals surface area (Å²) in [5, 5.41) is 8.76. The number of hydrogen-bond acceptors (Lipinski definition) is 4. The summed E-state index contributed by atoms with van der Waals surface area (Å²) in [7, 11) is 0. The first-order valence-corrected chi connectivity index (χ1v) is 6.69. The van der Waals surface area contributed by atoms with E-state index in [0.29, 0.717) is 29.5 Å². The van der Waals surface area contributed by atoms with Crippen molar-refractivity contribution < 1.29 is 9.84 Å². The predicted octanol–water partition coefficient (Wildman–Crippen LogP) is 1.36. The van der Waals surface area contributed by atoms with Crippen LogP contribution >= 0.6 is 12.2 Å². The summed E-state index contributed by atoms with van der Waals surface area (Å²) < 4.78 is 5.57. The highest BCUT2D eigenvalue weighted by atomic mass is 32.1. The molecule has 4 nitrogen and oxygen atoms in total. The summed E-state index contributed by atoms with van der Waals surface area (Å²) in [4.78, 5) is 4.85. The van der Waals surface area contributed by atoms with E-state index in [4.69, 9.17) is 27.8 Å². The number of aliphatic hydroxyl groups excluding tert-OH is 1. The van der Waals surface area contributed by atoms with E-state index in [9.17, 15) is 0 Å². The average Bonchev–Trinajstić information content (AvgIpc) is 2.38. The Bertz CT molecular complexity index is 449. The molecule has 0 spiro atoms. The minimum Gasteiger partial charge on any atom is -0.477 e. The minimum atomic E-state index is 0.105. The van der Waals surface area contributed by atoms with E-state index in [1.807, 2.05) is 6.07 Å². The molecule has 2 rings (SSSR count). The van der Waals surface area contributed by atoms with E-state index in [1.165, 1.54) is 18.4 Å². The first-order valence-electron chi connectivity index (χ1n) is 6.28. The molecule has 0 aromatic carbocycles. The molecule has 18 heavy (non-hydrogen) atoms. The lowest BCUT2D eigenvalue weighted by atomic mass is 9.95. The number of aliphatic hydroxyl groups is 1. The average molecular weight is 266 g/mol. The number of fused-ring (bicyclic) bond motifs is 1. The molecule has 0 bridgehead atoms. The van der Waals surface area contributed by atoms with Gasteiger partial charge in [0.15, 0.2) is 0 Å². The third-order valence-electron chi connectivity index (χ3n) is 3.07. The van der Waals surface area contributed by atoms with Crippen LogP contribution in [-0.4, -0.2) is 28.3 Å². The lowest BCUT2D eigenvalue weighted by Crippen LogP contribution is -2.17. The summed E-state index contributed by atoms with van der Waals surface area (Å²) in [5.41, 5.74) is 8.76. The molecule has 98 valence electrons. The second-order valence-electron chi connectivity index (χ2n) is 4.44. The third kappa shape index (κ3) is 2.97. The normalized spacial score (nSPS) is 14.1. The van der Waals surface area contributed by atoms with Gasteiger partial charge in [0, 0.05) is 18.7 Å². The molecule has 1 aromatic rings. The van der Waals surface area contributed by atoms with Crippen LogP contribution in [0, 0.1) is 0 Å². The van der Waals surface area contributed by atoms with E-state index in [-0.39, 0.29) is 6.61 Å². The van der Waals surface area contributed by atoms with Gasteiger partial charge in [0.1, 0.15) is 4.99 Å². The van der Waals surface area contributed by atoms with E-state index in [2.05, 4.69) is 4.98 Å². The highest BCUT2D eigenvalue weighted by Gasteiger charge is 2.17. The van der Waals surface area contributed by atoms with Gasteiger partial charge in [-0.3, -0.25) is 0 Å². The van der Waals surface area contributed by atoms with Crippen LogP contribution in [0.25, 0.3) is 0 Å². The molecule has 0 unspecified atom stereocenters. The maximum Gasteiger partial charge on any atom is 0.224 e. The van der Waals surface area contributed by atoms with E-state index in [0.717, 1.165) is 18.5 Å². The monoisotopic (exact) mass is 266 g/mol. The molecule has 1 aliphatic rings. The molecule has 3 N–H and O–H groups in total. The van der Waals surface area contributed by atoms with E-state index >= 15 is 0 Å². The van der Waals surface area contributed by atoms with Crippen LogP contribution in [0.3, 0.4) is 0 Å². The molecule has 0 saturated heterocycles. The number of thiocarbonyl (C=S) groups is 1. The lowest BCUT2D eigenvalue weighted by molar-refractivity contribution is 0.228. The van der Waals surface area contributed by atoms with Crippen LogP contribution in [0.2, 0.25) is 0 Å². The van der Waals surface area contributed by atoms with Crippen LogP contribution < -0.4 is 10.5 Å². The second kappa shape index (κ2) is 6.11. The first-order chi connectivity index (χ1) is 8.72. The van der Waals surface area contributed by atoms with Crippen molar-refractivity contribution in [1.82, 2.24) is 4.98 Å². The van der Waals surface area contributed by atoms with Crippen LogP contribution in [0.1, 0.15) is 36.1 Å². The van der Waals surface area contributed by atoms with E-state index in [1.54, 1.807) is 0 Å². The summed E-state index contributed by atoms with van der Waals surface area (Å²) >= 11 is 5.04. The Morgan fingerprint density at radius 3 is 2.94 bits per heavy atom. The summed E-state index contributed by atoms with van der Waals surface area (Å²) in [6.45, 7) is 0.533.